The fourth-order valence-corrected chi connectivity index (χ4v) is 2.89. The van der Waals surface area contributed by atoms with E-state index in [1.165, 1.54) is 26.4 Å². The molecule has 1 saturated carbocycles. The van der Waals surface area contributed by atoms with Crippen LogP contribution in [0.15, 0.2) is 0 Å². The Kier molecular flexibility index (Phi) is 4.63. The molecule has 1 amide bonds. The van der Waals surface area contributed by atoms with Gasteiger partial charge in [0.15, 0.2) is 0 Å². The maximum atomic E-state index is 11.3. The summed E-state index contributed by atoms with van der Waals surface area (Å²) in [7, 11) is 1.32. The first-order chi connectivity index (χ1) is 9.08. The van der Waals surface area contributed by atoms with Gasteiger partial charge in [-0.3, -0.25) is 4.79 Å². The van der Waals surface area contributed by atoms with E-state index in [0.717, 1.165) is 13.1 Å². The number of carbonyl (C=O) groups is 2. The number of aliphatic carboxylic acids is 1. The number of carboxylic acids is 1. The molecule has 2 N–H and O–H groups in total. The summed E-state index contributed by atoms with van der Waals surface area (Å²) < 4.78 is 4.58. The second-order valence-corrected chi connectivity index (χ2v) is 5.62. The minimum Gasteiger partial charge on any atom is -0.481 e. The van der Waals surface area contributed by atoms with Gasteiger partial charge in [0.1, 0.15) is 0 Å². The molecule has 0 radical (unpaired) electrons. The molecular formula is C13H22N2O4. The molecule has 0 spiro atoms. The van der Waals surface area contributed by atoms with Crippen LogP contribution in [0.2, 0.25) is 0 Å². The van der Waals surface area contributed by atoms with E-state index in [2.05, 4.69) is 15.0 Å². The van der Waals surface area contributed by atoms with Crippen LogP contribution in [0.3, 0.4) is 0 Å². The SMILES string of the molecule is COC(=O)NC1CC(C(=O)O)CN(CC2CCC2)C1. The molecule has 2 aliphatic rings. The summed E-state index contributed by atoms with van der Waals surface area (Å²) in [6, 6.07) is -0.137. The molecule has 0 aromatic heterocycles. The number of methoxy groups -OCH3 is 1. The van der Waals surface area contributed by atoms with E-state index < -0.39 is 18.0 Å². The lowest BCUT2D eigenvalue weighted by Crippen LogP contribution is -2.53. The van der Waals surface area contributed by atoms with Crippen LogP contribution in [0.5, 0.6) is 0 Å². The van der Waals surface area contributed by atoms with E-state index in [1.54, 1.807) is 0 Å². The number of likely N-dealkylation sites (tertiary alicyclic amines) is 1. The molecular weight excluding hydrogens is 248 g/mol. The van der Waals surface area contributed by atoms with E-state index in [9.17, 15) is 14.7 Å². The molecule has 1 aliphatic heterocycles. The van der Waals surface area contributed by atoms with Gasteiger partial charge in [-0.2, -0.15) is 0 Å². The predicted octanol–water partition coefficient (Wildman–Crippen LogP) is 0.918. The van der Waals surface area contributed by atoms with Crippen LogP contribution < -0.4 is 5.32 Å². The standard InChI is InChI=1S/C13H22N2O4/c1-19-13(18)14-11-5-10(12(16)17)7-15(8-11)6-9-3-2-4-9/h9-11H,2-8H2,1H3,(H,14,18)(H,16,17). The second kappa shape index (κ2) is 6.23. The van der Waals surface area contributed by atoms with E-state index in [0.29, 0.717) is 18.9 Å². The molecule has 1 saturated heterocycles. The zero-order valence-electron chi connectivity index (χ0n) is 11.3. The van der Waals surface area contributed by atoms with Crippen molar-refractivity contribution in [2.45, 2.75) is 31.7 Å². The molecule has 19 heavy (non-hydrogen) atoms. The summed E-state index contributed by atoms with van der Waals surface area (Å²) in [5, 5.41) is 11.9. The van der Waals surface area contributed by atoms with Crippen molar-refractivity contribution in [2.75, 3.05) is 26.7 Å². The number of hydrogen-bond acceptors (Lipinski definition) is 4. The van der Waals surface area contributed by atoms with E-state index >= 15 is 0 Å². The van der Waals surface area contributed by atoms with Crippen LogP contribution in [-0.2, 0) is 9.53 Å². The van der Waals surface area contributed by atoms with Crippen molar-refractivity contribution < 1.29 is 19.4 Å². The van der Waals surface area contributed by atoms with Gasteiger partial charge in [0.05, 0.1) is 13.0 Å². The van der Waals surface area contributed by atoms with Gasteiger partial charge in [-0.15, -0.1) is 0 Å². The Morgan fingerprint density at radius 2 is 2.11 bits per heavy atom. The highest BCUT2D eigenvalue weighted by molar-refractivity contribution is 5.71. The number of nitrogens with one attached hydrogen (secondary N) is 1. The molecule has 2 atom stereocenters. The molecule has 2 unspecified atom stereocenters. The normalized spacial score (nSPS) is 28.5. The molecule has 2 rings (SSSR count). The third kappa shape index (κ3) is 3.83. The maximum Gasteiger partial charge on any atom is 0.407 e. The van der Waals surface area contributed by atoms with E-state index in [-0.39, 0.29) is 6.04 Å². The van der Waals surface area contributed by atoms with Crippen LogP contribution in [-0.4, -0.2) is 54.9 Å². The summed E-state index contributed by atoms with van der Waals surface area (Å²) in [6.45, 7) is 2.25. The topological polar surface area (TPSA) is 78.9 Å². The number of carbonyl (C=O) groups excluding carboxylic acids is 1. The lowest BCUT2D eigenvalue weighted by atomic mass is 9.84. The van der Waals surface area contributed by atoms with Crippen molar-refractivity contribution in [3.63, 3.8) is 0 Å². The smallest absolute Gasteiger partial charge is 0.407 e. The van der Waals surface area contributed by atoms with Crippen molar-refractivity contribution in [2.24, 2.45) is 11.8 Å². The molecule has 0 aromatic rings. The Morgan fingerprint density at radius 1 is 1.37 bits per heavy atom. The molecule has 1 aliphatic carbocycles. The minimum atomic E-state index is -0.782. The highest BCUT2D eigenvalue weighted by Crippen LogP contribution is 2.29. The predicted molar refractivity (Wildman–Crippen MR) is 68.9 cm³/mol. The van der Waals surface area contributed by atoms with Gasteiger partial charge in [-0.1, -0.05) is 6.42 Å². The largest absolute Gasteiger partial charge is 0.481 e. The number of hydrogen-bond donors (Lipinski definition) is 2. The van der Waals surface area contributed by atoms with Crippen LogP contribution in [0.25, 0.3) is 0 Å². The molecule has 0 aromatic carbocycles. The van der Waals surface area contributed by atoms with Crippen molar-refractivity contribution >= 4 is 12.1 Å². The Morgan fingerprint density at radius 3 is 2.63 bits per heavy atom. The fraction of sp³-hybridized carbons (Fsp3) is 0.846. The van der Waals surface area contributed by atoms with Gasteiger partial charge >= 0.3 is 12.1 Å². The number of nitrogens with zero attached hydrogens (tertiary/aromatic N) is 1. The minimum absolute atomic E-state index is 0.137. The monoisotopic (exact) mass is 270 g/mol. The lowest BCUT2D eigenvalue weighted by Gasteiger charge is -2.39. The quantitative estimate of drug-likeness (QED) is 0.794. The fourth-order valence-electron chi connectivity index (χ4n) is 2.89. The number of ether oxygens (including phenoxy) is 1. The number of carboxylic acid groups (broad SMARTS) is 1. The average Bonchev–Trinajstić information content (AvgIpc) is 2.33. The highest BCUT2D eigenvalue weighted by Gasteiger charge is 2.34. The van der Waals surface area contributed by atoms with Crippen LogP contribution in [0, 0.1) is 11.8 Å². The number of amides is 1. The van der Waals surface area contributed by atoms with Gasteiger partial charge in [-0.25, -0.2) is 4.79 Å². The third-order valence-corrected chi connectivity index (χ3v) is 4.12. The Bertz CT molecular complexity index is 344. The Hall–Kier alpha value is -1.30. The molecule has 1 heterocycles. The van der Waals surface area contributed by atoms with Gasteiger partial charge in [-0.05, 0) is 25.2 Å². The lowest BCUT2D eigenvalue weighted by molar-refractivity contribution is -0.144. The van der Waals surface area contributed by atoms with Crippen molar-refractivity contribution in [1.82, 2.24) is 10.2 Å². The molecule has 2 fully saturated rings. The average molecular weight is 270 g/mol. The Balaban J connectivity index is 1.91. The summed E-state index contributed by atoms with van der Waals surface area (Å²) in [5.74, 6) is -0.489. The molecule has 108 valence electrons. The number of alkyl carbamates (subject to hydrolysis) is 1. The zero-order valence-corrected chi connectivity index (χ0v) is 11.3. The van der Waals surface area contributed by atoms with Crippen molar-refractivity contribution in [1.29, 1.82) is 0 Å². The van der Waals surface area contributed by atoms with Gasteiger partial charge < -0.3 is 20.1 Å². The second-order valence-electron chi connectivity index (χ2n) is 5.62. The van der Waals surface area contributed by atoms with Gasteiger partial charge in [0.25, 0.3) is 0 Å². The van der Waals surface area contributed by atoms with Crippen LogP contribution >= 0.6 is 0 Å². The first kappa shape index (κ1) is 14.1. The summed E-state index contributed by atoms with van der Waals surface area (Å²) in [6.07, 6.45) is 3.75. The summed E-state index contributed by atoms with van der Waals surface area (Å²) in [5.41, 5.74) is 0. The third-order valence-electron chi connectivity index (χ3n) is 4.12. The summed E-state index contributed by atoms with van der Waals surface area (Å²) >= 11 is 0. The van der Waals surface area contributed by atoms with Crippen molar-refractivity contribution in [3.05, 3.63) is 0 Å². The van der Waals surface area contributed by atoms with Gasteiger partial charge in [0, 0.05) is 25.7 Å². The number of rotatable bonds is 4. The highest BCUT2D eigenvalue weighted by atomic mass is 16.5. The molecule has 0 bridgehead atoms. The molecule has 6 nitrogen and oxygen atoms in total. The van der Waals surface area contributed by atoms with E-state index in [4.69, 9.17) is 0 Å². The molecule has 6 heteroatoms. The number of piperidine rings is 1. The summed E-state index contributed by atoms with van der Waals surface area (Å²) in [4.78, 5) is 24.6. The first-order valence-electron chi connectivity index (χ1n) is 6.88. The first-order valence-corrected chi connectivity index (χ1v) is 6.88. The van der Waals surface area contributed by atoms with E-state index in [1.807, 2.05) is 0 Å². The Labute approximate surface area is 113 Å². The maximum absolute atomic E-state index is 11.3. The van der Waals surface area contributed by atoms with Crippen LogP contribution in [0.4, 0.5) is 4.79 Å². The zero-order chi connectivity index (χ0) is 13.8. The van der Waals surface area contributed by atoms with Gasteiger partial charge in [0.2, 0.25) is 0 Å². The van der Waals surface area contributed by atoms with Crippen LogP contribution in [0.1, 0.15) is 25.7 Å². The van der Waals surface area contributed by atoms with Crippen molar-refractivity contribution in [3.8, 4) is 0 Å².